The topological polar surface area (TPSA) is 30.5 Å². The molecule has 0 amide bonds. The molecular formula is C15H37NO2. The Morgan fingerprint density at radius 2 is 1.61 bits per heavy atom. The van der Waals surface area contributed by atoms with E-state index in [1.165, 1.54) is 19.3 Å². The minimum Gasteiger partial charge on any atom is -0.379 e. The van der Waals surface area contributed by atoms with E-state index < -0.39 is 0 Å². The first-order valence-corrected chi connectivity index (χ1v) is 7.42. The third kappa shape index (κ3) is 21.2. The van der Waals surface area contributed by atoms with E-state index in [0.29, 0.717) is 19.9 Å². The van der Waals surface area contributed by atoms with Crippen LogP contribution in [0.1, 0.15) is 62.2 Å². The molecule has 0 aliphatic rings. The van der Waals surface area contributed by atoms with Crippen LogP contribution in [0.4, 0.5) is 0 Å². The Kier molecular flexibility index (Phi) is 16.8. The van der Waals surface area contributed by atoms with Gasteiger partial charge in [-0.05, 0) is 18.4 Å². The van der Waals surface area contributed by atoms with Gasteiger partial charge in [-0.3, -0.25) is 5.32 Å². The lowest BCUT2D eigenvalue weighted by molar-refractivity contribution is 0.0149. The lowest BCUT2D eigenvalue weighted by Crippen LogP contribution is -2.22. The predicted molar refractivity (Wildman–Crippen MR) is 82.1 cm³/mol. The van der Waals surface area contributed by atoms with E-state index in [0.717, 1.165) is 13.2 Å². The monoisotopic (exact) mass is 263 g/mol. The highest BCUT2D eigenvalue weighted by Gasteiger charge is 2.09. The van der Waals surface area contributed by atoms with Gasteiger partial charge in [0.15, 0.2) is 0 Å². The van der Waals surface area contributed by atoms with Crippen molar-refractivity contribution < 1.29 is 10.9 Å². The van der Waals surface area contributed by atoms with Crippen molar-refractivity contribution in [2.45, 2.75) is 60.8 Å². The van der Waals surface area contributed by atoms with Crippen LogP contribution in [-0.4, -0.2) is 33.1 Å². The third-order valence-corrected chi connectivity index (χ3v) is 2.07. The Bertz CT molecular complexity index is 150. The second kappa shape index (κ2) is 14.9. The molecule has 0 aromatic rings. The number of ether oxygens (including phenoxy) is 2. The summed E-state index contributed by atoms with van der Waals surface area (Å²) in [5, 5.41) is 3.25. The van der Waals surface area contributed by atoms with E-state index in [1.807, 2.05) is 13.8 Å². The molecule has 0 unspecified atom stereocenters. The van der Waals surface area contributed by atoms with Crippen LogP contribution in [0.3, 0.4) is 0 Å². The van der Waals surface area contributed by atoms with Crippen molar-refractivity contribution in [3.05, 3.63) is 0 Å². The minimum absolute atomic E-state index is 0. The first kappa shape index (κ1) is 20.2. The highest BCUT2D eigenvalue weighted by molar-refractivity contribution is 4.58. The summed E-state index contributed by atoms with van der Waals surface area (Å²) in [7, 11) is 0. The summed E-state index contributed by atoms with van der Waals surface area (Å²) in [6.45, 7) is 16.6. The van der Waals surface area contributed by atoms with Gasteiger partial charge in [-0.2, -0.15) is 0 Å². The molecule has 3 nitrogen and oxygen atoms in total. The Hall–Kier alpha value is -0.120. The summed E-state index contributed by atoms with van der Waals surface area (Å²) in [5.41, 5.74) is 0.248. The molecule has 0 spiro atoms. The van der Waals surface area contributed by atoms with Crippen LogP contribution in [0.5, 0.6) is 0 Å². The number of hydrogen-bond donors (Lipinski definition) is 1. The second-order valence-corrected chi connectivity index (χ2v) is 5.37. The van der Waals surface area contributed by atoms with Gasteiger partial charge >= 0.3 is 0 Å². The molecule has 0 aromatic heterocycles. The van der Waals surface area contributed by atoms with Crippen LogP contribution >= 0.6 is 0 Å². The molecule has 0 aliphatic heterocycles. The molecule has 3 heteroatoms. The molecule has 0 saturated heterocycles. The van der Waals surface area contributed by atoms with Gasteiger partial charge in [0, 0.05) is 1.43 Å². The molecule has 114 valence electrons. The quantitative estimate of drug-likeness (QED) is 0.476. The van der Waals surface area contributed by atoms with Crippen LogP contribution in [0, 0.1) is 5.41 Å². The Morgan fingerprint density at radius 3 is 2.17 bits per heavy atom. The van der Waals surface area contributed by atoms with Gasteiger partial charge < -0.3 is 9.47 Å². The molecule has 0 saturated carbocycles. The molecule has 18 heavy (non-hydrogen) atoms. The molecule has 0 bridgehead atoms. The maximum atomic E-state index is 5.49. The highest BCUT2D eigenvalue weighted by Crippen LogP contribution is 2.12. The van der Waals surface area contributed by atoms with Crippen molar-refractivity contribution in [1.29, 1.82) is 0 Å². The average Bonchev–Trinajstić information content (AvgIpc) is 2.33. The summed E-state index contributed by atoms with van der Waals surface area (Å²) in [6, 6.07) is 0. The van der Waals surface area contributed by atoms with Gasteiger partial charge in [0.25, 0.3) is 0 Å². The smallest absolute Gasteiger partial charge is 0.0966 e. The SMILES string of the molecule is CC.CCCCCNCOCCOCC(C)(C)C.[HH]. The Morgan fingerprint density at radius 1 is 1.00 bits per heavy atom. The molecule has 1 N–H and O–H groups in total. The molecule has 0 atom stereocenters. The molecular weight excluding hydrogens is 226 g/mol. The Balaban J connectivity index is -0.000000809. The van der Waals surface area contributed by atoms with Crippen LogP contribution in [0.2, 0.25) is 0 Å². The van der Waals surface area contributed by atoms with Crippen molar-refractivity contribution >= 4 is 0 Å². The summed E-state index contributed by atoms with van der Waals surface area (Å²) < 4.78 is 10.9. The van der Waals surface area contributed by atoms with E-state index in [9.17, 15) is 0 Å². The van der Waals surface area contributed by atoms with E-state index in [2.05, 4.69) is 33.0 Å². The fraction of sp³-hybridized carbons (Fsp3) is 1.00. The van der Waals surface area contributed by atoms with Crippen molar-refractivity contribution in [2.75, 3.05) is 33.1 Å². The van der Waals surface area contributed by atoms with Crippen molar-refractivity contribution in [3.63, 3.8) is 0 Å². The zero-order valence-corrected chi connectivity index (χ0v) is 13.5. The lowest BCUT2D eigenvalue weighted by Gasteiger charge is -2.17. The van der Waals surface area contributed by atoms with Crippen LogP contribution in [-0.2, 0) is 9.47 Å². The minimum atomic E-state index is 0. The molecule has 0 fully saturated rings. The first-order chi connectivity index (χ1) is 8.56. The maximum Gasteiger partial charge on any atom is 0.0966 e. The van der Waals surface area contributed by atoms with Crippen molar-refractivity contribution in [3.8, 4) is 0 Å². The fourth-order valence-corrected chi connectivity index (χ4v) is 1.21. The summed E-state index contributed by atoms with van der Waals surface area (Å²) in [6.07, 6.45) is 3.80. The zero-order valence-electron chi connectivity index (χ0n) is 13.5. The molecule has 0 aromatic carbocycles. The number of unbranched alkanes of at least 4 members (excludes halogenated alkanes) is 2. The lowest BCUT2D eigenvalue weighted by atomic mass is 9.99. The van der Waals surface area contributed by atoms with Crippen molar-refractivity contribution in [2.24, 2.45) is 5.41 Å². The van der Waals surface area contributed by atoms with Gasteiger partial charge in [0.1, 0.15) is 0 Å². The van der Waals surface area contributed by atoms with Crippen LogP contribution < -0.4 is 5.32 Å². The summed E-state index contributed by atoms with van der Waals surface area (Å²) >= 11 is 0. The molecule has 0 heterocycles. The maximum absolute atomic E-state index is 5.49. The van der Waals surface area contributed by atoms with E-state index in [-0.39, 0.29) is 6.84 Å². The van der Waals surface area contributed by atoms with Gasteiger partial charge in [-0.25, -0.2) is 0 Å². The highest BCUT2D eigenvalue weighted by atomic mass is 16.5. The van der Waals surface area contributed by atoms with Crippen LogP contribution in [0.15, 0.2) is 0 Å². The number of hydrogen-bond acceptors (Lipinski definition) is 3. The largest absolute Gasteiger partial charge is 0.379 e. The van der Waals surface area contributed by atoms with Gasteiger partial charge in [-0.15, -0.1) is 0 Å². The fourth-order valence-electron chi connectivity index (χ4n) is 1.21. The van der Waals surface area contributed by atoms with Crippen molar-refractivity contribution in [1.82, 2.24) is 5.32 Å². The van der Waals surface area contributed by atoms with E-state index in [1.54, 1.807) is 0 Å². The summed E-state index contributed by atoms with van der Waals surface area (Å²) in [4.78, 5) is 0. The molecule has 0 aliphatic carbocycles. The third-order valence-electron chi connectivity index (χ3n) is 2.07. The van der Waals surface area contributed by atoms with Gasteiger partial charge in [0.05, 0.1) is 26.6 Å². The zero-order chi connectivity index (χ0) is 14.3. The average molecular weight is 263 g/mol. The first-order valence-electron chi connectivity index (χ1n) is 7.42. The number of nitrogens with one attached hydrogen (secondary N) is 1. The number of rotatable bonds is 10. The van der Waals surface area contributed by atoms with Crippen LogP contribution in [0.25, 0.3) is 0 Å². The standard InChI is InChI=1S/C13H29NO2.C2H6.H2/c1-5-6-7-8-14-12-16-10-9-15-11-13(2,3)4;1-2;/h14H,5-12H2,1-4H3;1-2H3;1H. The Labute approximate surface area is 116 Å². The predicted octanol–water partition coefficient (Wildman–Crippen LogP) is 4.08. The van der Waals surface area contributed by atoms with E-state index >= 15 is 0 Å². The van der Waals surface area contributed by atoms with Gasteiger partial charge in [-0.1, -0.05) is 54.4 Å². The second-order valence-electron chi connectivity index (χ2n) is 5.37. The van der Waals surface area contributed by atoms with Gasteiger partial charge in [0.2, 0.25) is 0 Å². The molecule has 0 radical (unpaired) electrons. The normalized spacial score (nSPS) is 11.0. The van der Waals surface area contributed by atoms with E-state index in [4.69, 9.17) is 9.47 Å². The molecule has 0 rings (SSSR count). The summed E-state index contributed by atoms with van der Waals surface area (Å²) in [5.74, 6) is 0.